The minimum absolute atomic E-state index is 0. The van der Waals surface area contributed by atoms with Crippen LogP contribution in [-0.4, -0.2) is 52.4 Å². The highest BCUT2D eigenvalue weighted by molar-refractivity contribution is 4.78. The average molecular weight is 458 g/mol. The van der Waals surface area contributed by atoms with Gasteiger partial charge in [0.15, 0.2) is 0 Å². The van der Waals surface area contributed by atoms with Crippen molar-refractivity contribution in [2.45, 2.75) is 52.4 Å². The summed E-state index contributed by atoms with van der Waals surface area (Å²) in [5.41, 5.74) is 0. The van der Waals surface area contributed by atoms with Crippen LogP contribution >= 0.6 is 0 Å². The predicted molar refractivity (Wildman–Crippen MR) is 92.7 cm³/mol. The second-order valence-corrected chi connectivity index (χ2v) is 7.11. The van der Waals surface area contributed by atoms with Crippen molar-refractivity contribution in [3.05, 3.63) is 0 Å². The van der Waals surface area contributed by atoms with E-state index < -0.39 is 0 Å². The van der Waals surface area contributed by atoms with Crippen molar-refractivity contribution in [1.29, 1.82) is 0 Å². The molecule has 0 aromatic heterocycles. The first-order chi connectivity index (χ1) is 10.9. The monoisotopic (exact) mass is 456 g/mol. The van der Waals surface area contributed by atoms with Gasteiger partial charge in [-0.25, -0.2) is 0 Å². The molecule has 8 N–H and O–H groups in total. The number of halogens is 4. The van der Waals surface area contributed by atoms with Crippen LogP contribution in [-0.2, 0) is 0 Å². The molecule has 26 heavy (non-hydrogen) atoms. The molecule has 0 heterocycles. The molecule has 1 saturated carbocycles. The lowest BCUT2D eigenvalue weighted by atomic mass is 9.73. The van der Waals surface area contributed by atoms with Gasteiger partial charge in [-0.05, 0) is 26.7 Å². The molecular weight excluding hydrogens is 414 g/mol. The number of nitrogens with two attached hydrogens (primary N) is 4. The van der Waals surface area contributed by atoms with Crippen LogP contribution in [0.25, 0.3) is 0 Å². The Kier molecular flexibility index (Phi) is 34.5. The van der Waals surface area contributed by atoms with Gasteiger partial charge in [0.05, 0.1) is 52.4 Å². The highest BCUT2D eigenvalue weighted by atomic mass is 35.5. The largest absolute Gasteiger partial charge is 1.00 e. The standard InChI is InChI=1S/C18H40N4.4ClH/c1-3-19-11-5-7-13-21-15-17-9-10-18(17)16-22-14-8-6-12-20-4-2;;;;/h17-22H,3-16H2,1-2H3;4*1H/t17-,18-;;;;/m1..../s1. The Bertz CT molecular complexity index is 227. The van der Waals surface area contributed by atoms with Gasteiger partial charge in [-0.1, -0.05) is 0 Å². The van der Waals surface area contributed by atoms with Gasteiger partial charge in [-0.2, -0.15) is 0 Å². The molecule has 0 spiro atoms. The second kappa shape index (κ2) is 26.0. The third-order valence-corrected chi connectivity index (χ3v) is 5.22. The van der Waals surface area contributed by atoms with Crippen molar-refractivity contribution in [2.24, 2.45) is 11.8 Å². The number of hydrogen-bond acceptors (Lipinski definition) is 0. The Labute approximate surface area is 187 Å². The number of hydrogen-bond donors (Lipinski definition) is 4. The van der Waals surface area contributed by atoms with E-state index in [1.807, 2.05) is 0 Å². The van der Waals surface area contributed by atoms with E-state index >= 15 is 0 Å². The Morgan fingerprint density at radius 1 is 0.538 bits per heavy atom. The van der Waals surface area contributed by atoms with Gasteiger partial charge in [-0.15, -0.1) is 0 Å². The van der Waals surface area contributed by atoms with Gasteiger partial charge >= 0.3 is 0 Å². The van der Waals surface area contributed by atoms with Crippen molar-refractivity contribution < 1.29 is 70.9 Å². The van der Waals surface area contributed by atoms with E-state index in [4.69, 9.17) is 0 Å². The molecule has 1 aliphatic rings. The maximum absolute atomic E-state index is 2.59. The molecule has 0 bridgehead atoms. The topological polar surface area (TPSA) is 66.4 Å². The first-order valence-electron chi connectivity index (χ1n) is 10.1. The third-order valence-electron chi connectivity index (χ3n) is 5.22. The van der Waals surface area contributed by atoms with Crippen molar-refractivity contribution in [3.8, 4) is 0 Å². The maximum Gasteiger partial charge on any atom is 0.0788 e. The fourth-order valence-electron chi connectivity index (χ4n) is 3.49. The summed E-state index contributed by atoms with van der Waals surface area (Å²) in [5, 5.41) is 10.0. The minimum atomic E-state index is 0. The molecule has 8 heteroatoms. The zero-order valence-electron chi connectivity index (χ0n) is 16.9. The van der Waals surface area contributed by atoms with Gasteiger partial charge in [-0.3, -0.25) is 0 Å². The molecule has 0 unspecified atom stereocenters. The average Bonchev–Trinajstić information content (AvgIpc) is 2.51. The Balaban J connectivity index is -0.000000605. The number of unbranched alkanes of at least 4 members (excludes halogenated alkanes) is 2. The summed E-state index contributed by atoms with van der Waals surface area (Å²) in [7, 11) is 0. The fourth-order valence-corrected chi connectivity index (χ4v) is 3.49. The zero-order chi connectivity index (χ0) is 15.9. The minimum Gasteiger partial charge on any atom is -1.00 e. The summed E-state index contributed by atoms with van der Waals surface area (Å²) in [4.78, 5) is 0. The summed E-state index contributed by atoms with van der Waals surface area (Å²) < 4.78 is 0. The molecule has 0 amide bonds. The summed E-state index contributed by atoms with van der Waals surface area (Å²) in [6.45, 7) is 15.1. The molecular formula is C18H44Cl4N4. The molecule has 0 aliphatic heterocycles. The Morgan fingerprint density at radius 3 is 1.12 bits per heavy atom. The highest BCUT2D eigenvalue weighted by Gasteiger charge is 2.32. The van der Waals surface area contributed by atoms with Gasteiger partial charge < -0.3 is 70.9 Å². The fraction of sp³-hybridized carbons (Fsp3) is 1.00. The lowest BCUT2D eigenvalue weighted by Crippen LogP contribution is -3.00. The third kappa shape index (κ3) is 18.4. The SMILES string of the molecule is CC[NH2+]CCCC[NH2+]C[C@H]1CC[C@@H]1C[NH2+]CCCC[NH2+]CC.[Cl-].[Cl-].[Cl-].[Cl-]. The first kappa shape index (κ1) is 34.5. The molecule has 164 valence electrons. The van der Waals surface area contributed by atoms with Gasteiger partial charge in [0.2, 0.25) is 0 Å². The van der Waals surface area contributed by atoms with E-state index in [9.17, 15) is 0 Å². The summed E-state index contributed by atoms with van der Waals surface area (Å²) in [6, 6.07) is 0. The summed E-state index contributed by atoms with van der Waals surface area (Å²) in [5.74, 6) is 2.04. The van der Waals surface area contributed by atoms with E-state index in [1.54, 1.807) is 0 Å². The van der Waals surface area contributed by atoms with E-state index in [0.717, 1.165) is 11.8 Å². The van der Waals surface area contributed by atoms with Crippen LogP contribution < -0.4 is 70.9 Å². The predicted octanol–water partition coefficient (Wildman–Crippen LogP) is -14.1. The van der Waals surface area contributed by atoms with Crippen molar-refractivity contribution in [2.75, 3.05) is 52.4 Å². The van der Waals surface area contributed by atoms with Crippen LogP contribution in [0, 0.1) is 11.8 Å². The molecule has 0 radical (unpaired) electrons. The molecule has 1 rings (SSSR count). The molecule has 0 aromatic carbocycles. The maximum atomic E-state index is 2.59. The molecule has 0 aromatic rings. The number of rotatable bonds is 16. The summed E-state index contributed by atoms with van der Waals surface area (Å²) >= 11 is 0. The van der Waals surface area contributed by atoms with Gasteiger partial charge in [0.25, 0.3) is 0 Å². The molecule has 1 aliphatic carbocycles. The second-order valence-electron chi connectivity index (χ2n) is 7.11. The first-order valence-corrected chi connectivity index (χ1v) is 10.1. The smallest absolute Gasteiger partial charge is 0.0788 e. The normalized spacial score (nSPS) is 17.8. The van der Waals surface area contributed by atoms with E-state index in [0.29, 0.717) is 0 Å². The number of quaternary nitrogens is 4. The van der Waals surface area contributed by atoms with Crippen LogP contribution in [0.2, 0.25) is 0 Å². The van der Waals surface area contributed by atoms with E-state index in [1.165, 1.54) is 90.9 Å². The lowest BCUT2D eigenvalue weighted by Gasteiger charge is -2.34. The van der Waals surface area contributed by atoms with Crippen LogP contribution in [0.4, 0.5) is 0 Å². The van der Waals surface area contributed by atoms with Crippen molar-refractivity contribution in [1.82, 2.24) is 0 Å². The Morgan fingerprint density at radius 2 is 0.846 bits per heavy atom. The molecule has 1 fully saturated rings. The van der Waals surface area contributed by atoms with Crippen LogP contribution in [0.15, 0.2) is 0 Å². The van der Waals surface area contributed by atoms with Crippen molar-refractivity contribution in [3.63, 3.8) is 0 Å². The van der Waals surface area contributed by atoms with Gasteiger partial charge in [0, 0.05) is 37.5 Å². The van der Waals surface area contributed by atoms with E-state index in [-0.39, 0.29) is 49.6 Å². The quantitative estimate of drug-likeness (QED) is 0.166. The van der Waals surface area contributed by atoms with Crippen LogP contribution in [0.5, 0.6) is 0 Å². The van der Waals surface area contributed by atoms with Gasteiger partial charge in [0.1, 0.15) is 0 Å². The van der Waals surface area contributed by atoms with E-state index in [2.05, 4.69) is 35.1 Å². The van der Waals surface area contributed by atoms with Crippen molar-refractivity contribution >= 4 is 0 Å². The van der Waals surface area contributed by atoms with Crippen LogP contribution in [0.1, 0.15) is 52.4 Å². The van der Waals surface area contributed by atoms with Crippen LogP contribution in [0.3, 0.4) is 0 Å². The summed E-state index contributed by atoms with van der Waals surface area (Å²) in [6.07, 6.45) is 8.56. The molecule has 0 saturated heterocycles. The molecule has 4 nitrogen and oxygen atoms in total. The molecule has 2 atom stereocenters. The zero-order valence-corrected chi connectivity index (χ0v) is 19.9. The highest BCUT2D eigenvalue weighted by Crippen LogP contribution is 2.31. The lowest BCUT2D eigenvalue weighted by molar-refractivity contribution is -0.681. The Hall–Kier alpha value is 1.00.